The lowest BCUT2D eigenvalue weighted by molar-refractivity contribution is -0.115. The van der Waals surface area contributed by atoms with Gasteiger partial charge in [0.05, 0.1) is 6.42 Å². The number of anilines is 1. The van der Waals surface area contributed by atoms with E-state index < -0.39 is 0 Å². The minimum absolute atomic E-state index is 0.0287. The minimum Gasteiger partial charge on any atom is -0.326 e. The molecule has 0 saturated carbocycles. The molecule has 0 saturated heterocycles. The van der Waals surface area contributed by atoms with Crippen LogP contribution in [0.3, 0.4) is 0 Å². The Morgan fingerprint density at radius 1 is 1.15 bits per heavy atom. The van der Waals surface area contributed by atoms with Gasteiger partial charge in [-0.05, 0) is 42.3 Å². The fraction of sp³-hybridized carbons (Fsp3) is 0.188. The highest BCUT2D eigenvalue weighted by atomic mass is 19.1. The number of rotatable bonds is 4. The third kappa shape index (κ3) is 3.90. The number of halogens is 1. The molecule has 104 valence electrons. The molecule has 2 aromatic carbocycles. The molecule has 0 heterocycles. The van der Waals surface area contributed by atoms with E-state index in [1.54, 1.807) is 12.1 Å². The number of nitrogens with two attached hydrogens (primary N) is 1. The van der Waals surface area contributed by atoms with Crippen LogP contribution in [-0.4, -0.2) is 5.91 Å². The van der Waals surface area contributed by atoms with Gasteiger partial charge >= 0.3 is 0 Å². The summed E-state index contributed by atoms with van der Waals surface area (Å²) in [5, 5.41) is 2.80. The maximum Gasteiger partial charge on any atom is 0.228 e. The number of benzene rings is 2. The molecule has 0 fully saturated rings. The van der Waals surface area contributed by atoms with Gasteiger partial charge in [0, 0.05) is 11.7 Å². The van der Waals surface area contributed by atoms with Crippen LogP contribution in [0.2, 0.25) is 0 Å². The quantitative estimate of drug-likeness (QED) is 0.898. The first kappa shape index (κ1) is 14.2. The van der Waals surface area contributed by atoms with Crippen LogP contribution >= 0.6 is 0 Å². The van der Waals surface area contributed by atoms with Gasteiger partial charge in [0.15, 0.2) is 0 Å². The van der Waals surface area contributed by atoms with E-state index in [9.17, 15) is 9.18 Å². The standard InChI is InChI=1S/C16H17FN2O/c1-11(18)13-4-8-15(9-5-13)19-16(20)10-12-2-6-14(17)7-3-12/h2-9,11H,10,18H2,1H3,(H,19,20). The maximum atomic E-state index is 12.8. The summed E-state index contributed by atoms with van der Waals surface area (Å²) < 4.78 is 12.8. The molecule has 0 aliphatic rings. The first-order chi connectivity index (χ1) is 9.54. The number of nitrogens with one attached hydrogen (secondary N) is 1. The summed E-state index contributed by atoms with van der Waals surface area (Å²) in [5.74, 6) is -0.439. The highest BCUT2D eigenvalue weighted by molar-refractivity contribution is 5.92. The van der Waals surface area contributed by atoms with E-state index in [1.807, 2.05) is 31.2 Å². The highest BCUT2D eigenvalue weighted by Gasteiger charge is 2.05. The molecule has 1 amide bonds. The van der Waals surface area contributed by atoms with Crippen molar-refractivity contribution in [3.8, 4) is 0 Å². The molecule has 0 spiro atoms. The Kier molecular flexibility index (Phi) is 4.48. The molecule has 0 aromatic heterocycles. The molecule has 1 unspecified atom stereocenters. The molecule has 2 aromatic rings. The summed E-state index contributed by atoms with van der Waals surface area (Å²) in [4.78, 5) is 11.9. The molecule has 0 radical (unpaired) electrons. The van der Waals surface area contributed by atoms with Crippen molar-refractivity contribution >= 4 is 11.6 Å². The summed E-state index contributed by atoms with van der Waals surface area (Å²) in [5.41, 5.74) is 8.27. The van der Waals surface area contributed by atoms with Crippen LogP contribution in [-0.2, 0) is 11.2 Å². The molecule has 0 bridgehead atoms. The Morgan fingerprint density at radius 3 is 2.30 bits per heavy atom. The lowest BCUT2D eigenvalue weighted by atomic mass is 10.1. The van der Waals surface area contributed by atoms with Crippen molar-refractivity contribution in [1.82, 2.24) is 0 Å². The second kappa shape index (κ2) is 6.30. The van der Waals surface area contributed by atoms with Crippen molar-refractivity contribution in [3.63, 3.8) is 0 Å². The second-order valence-corrected chi connectivity index (χ2v) is 4.76. The normalized spacial score (nSPS) is 11.9. The molecular formula is C16H17FN2O. The van der Waals surface area contributed by atoms with E-state index in [1.165, 1.54) is 12.1 Å². The molecule has 20 heavy (non-hydrogen) atoms. The summed E-state index contributed by atoms with van der Waals surface area (Å²) in [6, 6.07) is 13.3. The fourth-order valence-electron chi connectivity index (χ4n) is 1.86. The zero-order valence-corrected chi connectivity index (χ0v) is 11.3. The third-order valence-electron chi connectivity index (χ3n) is 3.00. The van der Waals surface area contributed by atoms with Crippen molar-refractivity contribution < 1.29 is 9.18 Å². The lowest BCUT2D eigenvalue weighted by Gasteiger charge is -2.08. The van der Waals surface area contributed by atoms with Gasteiger partial charge < -0.3 is 11.1 Å². The molecule has 2 rings (SSSR count). The smallest absolute Gasteiger partial charge is 0.228 e. The summed E-state index contributed by atoms with van der Waals surface area (Å²) in [7, 11) is 0. The van der Waals surface area contributed by atoms with Gasteiger partial charge in [-0.15, -0.1) is 0 Å². The second-order valence-electron chi connectivity index (χ2n) is 4.76. The van der Waals surface area contributed by atoms with Crippen molar-refractivity contribution in [2.24, 2.45) is 5.73 Å². The first-order valence-electron chi connectivity index (χ1n) is 6.44. The van der Waals surface area contributed by atoms with E-state index in [-0.39, 0.29) is 24.2 Å². The van der Waals surface area contributed by atoms with Gasteiger partial charge in [0.1, 0.15) is 5.82 Å². The third-order valence-corrected chi connectivity index (χ3v) is 3.00. The summed E-state index contributed by atoms with van der Waals surface area (Å²) in [6.45, 7) is 1.90. The van der Waals surface area contributed by atoms with Gasteiger partial charge in [0.2, 0.25) is 5.91 Å². The van der Waals surface area contributed by atoms with Gasteiger partial charge in [-0.2, -0.15) is 0 Å². The van der Waals surface area contributed by atoms with Gasteiger partial charge in [-0.3, -0.25) is 4.79 Å². The molecule has 1 atom stereocenters. The zero-order valence-electron chi connectivity index (χ0n) is 11.3. The van der Waals surface area contributed by atoms with Gasteiger partial charge in [-0.1, -0.05) is 24.3 Å². The maximum absolute atomic E-state index is 12.8. The van der Waals surface area contributed by atoms with Gasteiger partial charge in [0.25, 0.3) is 0 Å². The summed E-state index contributed by atoms with van der Waals surface area (Å²) >= 11 is 0. The van der Waals surface area contributed by atoms with Gasteiger partial charge in [-0.25, -0.2) is 4.39 Å². The number of hydrogen-bond acceptors (Lipinski definition) is 2. The fourth-order valence-corrected chi connectivity index (χ4v) is 1.86. The van der Waals surface area contributed by atoms with Crippen LogP contribution in [0, 0.1) is 5.82 Å². The Balaban J connectivity index is 1.95. The number of hydrogen-bond donors (Lipinski definition) is 2. The van der Waals surface area contributed by atoms with Crippen LogP contribution in [0.5, 0.6) is 0 Å². The topological polar surface area (TPSA) is 55.1 Å². The molecule has 3 N–H and O–H groups in total. The molecule has 0 aliphatic heterocycles. The largest absolute Gasteiger partial charge is 0.326 e. The monoisotopic (exact) mass is 272 g/mol. The van der Waals surface area contributed by atoms with Crippen LogP contribution in [0.1, 0.15) is 24.1 Å². The number of carbonyl (C=O) groups excluding carboxylic acids is 1. The molecular weight excluding hydrogens is 255 g/mol. The van der Waals surface area contributed by atoms with Crippen LogP contribution in [0.4, 0.5) is 10.1 Å². The zero-order chi connectivity index (χ0) is 14.5. The van der Waals surface area contributed by atoms with Crippen molar-refractivity contribution in [3.05, 3.63) is 65.5 Å². The Bertz CT molecular complexity index is 576. The molecule has 3 nitrogen and oxygen atoms in total. The van der Waals surface area contributed by atoms with E-state index in [0.717, 1.165) is 16.8 Å². The highest BCUT2D eigenvalue weighted by Crippen LogP contribution is 2.14. The SMILES string of the molecule is CC(N)c1ccc(NC(=O)Cc2ccc(F)cc2)cc1. The van der Waals surface area contributed by atoms with E-state index >= 15 is 0 Å². The Hall–Kier alpha value is -2.20. The Labute approximate surface area is 117 Å². The lowest BCUT2D eigenvalue weighted by Crippen LogP contribution is -2.14. The van der Waals surface area contributed by atoms with E-state index in [4.69, 9.17) is 5.73 Å². The van der Waals surface area contributed by atoms with E-state index in [0.29, 0.717) is 0 Å². The van der Waals surface area contributed by atoms with Crippen molar-refractivity contribution in [2.45, 2.75) is 19.4 Å². The van der Waals surface area contributed by atoms with Crippen molar-refractivity contribution in [1.29, 1.82) is 0 Å². The summed E-state index contributed by atoms with van der Waals surface area (Å²) in [6.07, 6.45) is 0.218. The molecule has 0 aliphatic carbocycles. The Morgan fingerprint density at radius 2 is 1.75 bits per heavy atom. The number of carbonyl (C=O) groups is 1. The van der Waals surface area contributed by atoms with Crippen molar-refractivity contribution in [2.75, 3.05) is 5.32 Å². The average molecular weight is 272 g/mol. The van der Waals surface area contributed by atoms with Crippen LogP contribution in [0.25, 0.3) is 0 Å². The average Bonchev–Trinajstić information content (AvgIpc) is 2.42. The predicted molar refractivity (Wildman–Crippen MR) is 77.8 cm³/mol. The molecule has 4 heteroatoms. The predicted octanol–water partition coefficient (Wildman–Crippen LogP) is 3.03. The van der Waals surface area contributed by atoms with Crippen LogP contribution in [0.15, 0.2) is 48.5 Å². The first-order valence-corrected chi connectivity index (χ1v) is 6.44. The van der Waals surface area contributed by atoms with E-state index in [2.05, 4.69) is 5.32 Å². The number of amides is 1. The van der Waals surface area contributed by atoms with Crippen LogP contribution < -0.4 is 11.1 Å². The minimum atomic E-state index is -0.305.